The number of nitrogens with one attached hydrogen (secondary N) is 1. The Bertz CT molecular complexity index is 316. The van der Waals surface area contributed by atoms with Crippen LogP contribution in [0.3, 0.4) is 0 Å². The zero-order chi connectivity index (χ0) is 12.7. The number of hydrogen-bond donors (Lipinski definition) is 1. The highest BCUT2D eigenvalue weighted by atomic mass is 32.2. The van der Waals surface area contributed by atoms with Gasteiger partial charge in [0.2, 0.25) is 5.91 Å². The Morgan fingerprint density at radius 1 is 1.65 bits per heavy atom. The third-order valence-electron chi connectivity index (χ3n) is 3.07. The van der Waals surface area contributed by atoms with Crippen LogP contribution in [0.5, 0.6) is 0 Å². The van der Waals surface area contributed by atoms with Gasteiger partial charge >= 0.3 is 0 Å². The molecule has 4 nitrogen and oxygen atoms in total. The third-order valence-corrected chi connectivity index (χ3v) is 4.35. The summed E-state index contributed by atoms with van der Waals surface area (Å²) >= 11 is 1.63. The Morgan fingerprint density at radius 3 is 2.76 bits per heavy atom. The predicted octanol–water partition coefficient (Wildman–Crippen LogP) is 1.01. The molecule has 1 rings (SSSR count). The number of piperidine rings is 1. The van der Waals surface area contributed by atoms with Crippen LogP contribution in [0, 0.1) is 11.3 Å². The summed E-state index contributed by atoms with van der Waals surface area (Å²) in [5, 5.41) is 11.9. The Kier molecular flexibility index (Phi) is 5.52. The molecule has 0 bridgehead atoms. The third kappa shape index (κ3) is 4.06. The Hall–Kier alpha value is -0.990. The maximum atomic E-state index is 11.5. The number of thioether (sulfide) groups is 1. The van der Waals surface area contributed by atoms with E-state index in [1.807, 2.05) is 6.26 Å². The van der Waals surface area contributed by atoms with Crippen LogP contribution in [0.25, 0.3) is 0 Å². The maximum Gasteiger partial charge on any atom is 0.234 e. The summed E-state index contributed by atoms with van der Waals surface area (Å²) < 4.78 is -0.242. The lowest BCUT2D eigenvalue weighted by molar-refractivity contribution is -0.122. The molecule has 0 aromatic heterocycles. The molecule has 0 radical (unpaired) electrons. The van der Waals surface area contributed by atoms with Crippen LogP contribution in [0.2, 0.25) is 0 Å². The minimum Gasteiger partial charge on any atom is -0.352 e. The molecule has 94 valence electrons. The van der Waals surface area contributed by atoms with Crippen LogP contribution >= 0.6 is 11.8 Å². The van der Waals surface area contributed by atoms with Crippen LogP contribution in [-0.2, 0) is 4.79 Å². The van der Waals surface area contributed by atoms with Gasteiger partial charge in [-0.1, -0.05) is 6.08 Å². The van der Waals surface area contributed by atoms with Crippen LogP contribution in [0.4, 0.5) is 0 Å². The Morgan fingerprint density at radius 2 is 2.29 bits per heavy atom. The number of rotatable bonds is 5. The van der Waals surface area contributed by atoms with Gasteiger partial charge < -0.3 is 5.32 Å². The predicted molar refractivity (Wildman–Crippen MR) is 70.7 cm³/mol. The summed E-state index contributed by atoms with van der Waals surface area (Å²) in [7, 11) is 0. The van der Waals surface area contributed by atoms with Gasteiger partial charge in [-0.25, -0.2) is 0 Å². The minimum atomic E-state index is -0.242. The molecule has 1 aliphatic heterocycles. The molecule has 17 heavy (non-hydrogen) atoms. The maximum absolute atomic E-state index is 11.5. The number of hydrogen-bond acceptors (Lipinski definition) is 4. The summed E-state index contributed by atoms with van der Waals surface area (Å²) in [5.74, 6) is 0.0264. The van der Waals surface area contributed by atoms with Crippen molar-refractivity contribution < 1.29 is 4.79 Å². The van der Waals surface area contributed by atoms with Crippen molar-refractivity contribution in [2.45, 2.75) is 17.6 Å². The van der Waals surface area contributed by atoms with Crippen LogP contribution < -0.4 is 5.32 Å². The van der Waals surface area contributed by atoms with Crippen molar-refractivity contribution in [3.05, 3.63) is 12.7 Å². The van der Waals surface area contributed by atoms with Crippen molar-refractivity contribution in [3.63, 3.8) is 0 Å². The smallest absolute Gasteiger partial charge is 0.234 e. The highest BCUT2D eigenvalue weighted by molar-refractivity contribution is 8.00. The van der Waals surface area contributed by atoms with Crippen LogP contribution in [0.1, 0.15) is 12.8 Å². The molecule has 1 fully saturated rings. The molecule has 1 amide bonds. The summed E-state index contributed by atoms with van der Waals surface area (Å²) in [4.78, 5) is 13.6. The molecule has 0 aromatic rings. The Balaban J connectivity index is 2.35. The molecular formula is C12H19N3OS. The lowest BCUT2D eigenvalue weighted by Gasteiger charge is -2.35. The summed E-state index contributed by atoms with van der Waals surface area (Å²) in [6, 6.07) is 2.40. The normalized spacial score (nSPS) is 19.3. The second-order valence-corrected chi connectivity index (χ2v) is 5.37. The van der Waals surface area contributed by atoms with Gasteiger partial charge in [-0.15, -0.1) is 18.3 Å². The van der Waals surface area contributed by atoms with Crippen molar-refractivity contribution in [3.8, 4) is 6.07 Å². The standard InChI is InChI=1S/C12H19N3OS/c1-3-6-14-11(16)9-15-7-4-12(10-13,17-2)5-8-15/h3H,1,4-9H2,2H3,(H,14,16). The minimum absolute atomic E-state index is 0.0264. The van der Waals surface area contributed by atoms with Gasteiger partial charge in [0.1, 0.15) is 4.75 Å². The first-order chi connectivity index (χ1) is 8.15. The van der Waals surface area contributed by atoms with Gasteiger partial charge in [-0.3, -0.25) is 9.69 Å². The first-order valence-corrected chi connectivity index (χ1v) is 6.94. The van der Waals surface area contributed by atoms with Gasteiger partial charge in [0.05, 0.1) is 12.6 Å². The van der Waals surface area contributed by atoms with E-state index in [9.17, 15) is 4.79 Å². The van der Waals surface area contributed by atoms with E-state index < -0.39 is 0 Å². The number of carbonyl (C=O) groups is 1. The van der Waals surface area contributed by atoms with Crippen molar-refractivity contribution in [2.24, 2.45) is 0 Å². The Labute approximate surface area is 107 Å². The fraction of sp³-hybridized carbons (Fsp3) is 0.667. The van der Waals surface area contributed by atoms with E-state index in [2.05, 4.69) is 22.9 Å². The number of amides is 1. The quantitative estimate of drug-likeness (QED) is 0.743. The molecule has 1 N–H and O–H groups in total. The molecule has 0 atom stereocenters. The number of nitrogens with zero attached hydrogens (tertiary/aromatic N) is 2. The number of nitriles is 1. The van der Waals surface area contributed by atoms with Gasteiger partial charge in [-0.05, 0) is 19.1 Å². The lowest BCUT2D eigenvalue weighted by Crippen LogP contribution is -2.45. The summed E-state index contributed by atoms with van der Waals surface area (Å²) in [6.07, 6.45) is 5.32. The second-order valence-electron chi connectivity index (χ2n) is 4.18. The molecule has 0 saturated carbocycles. The largest absolute Gasteiger partial charge is 0.352 e. The molecule has 0 aromatic carbocycles. The van der Waals surface area contributed by atoms with E-state index >= 15 is 0 Å². The highest BCUT2D eigenvalue weighted by Crippen LogP contribution is 2.33. The second kappa shape index (κ2) is 6.67. The van der Waals surface area contributed by atoms with E-state index in [1.54, 1.807) is 17.8 Å². The average Bonchev–Trinajstić information content (AvgIpc) is 2.38. The van der Waals surface area contributed by atoms with E-state index in [-0.39, 0.29) is 10.7 Å². The van der Waals surface area contributed by atoms with Crippen molar-refractivity contribution >= 4 is 17.7 Å². The van der Waals surface area contributed by atoms with Crippen LogP contribution in [-0.4, -0.2) is 48.0 Å². The first kappa shape index (κ1) is 14.1. The van der Waals surface area contributed by atoms with Crippen molar-refractivity contribution in [1.82, 2.24) is 10.2 Å². The summed E-state index contributed by atoms with van der Waals surface area (Å²) in [6.45, 7) is 6.12. The molecule has 1 aliphatic rings. The fourth-order valence-electron chi connectivity index (χ4n) is 1.88. The number of carbonyl (C=O) groups excluding carboxylic acids is 1. The fourth-order valence-corrected chi connectivity index (χ4v) is 2.56. The van der Waals surface area contributed by atoms with E-state index in [4.69, 9.17) is 5.26 Å². The molecule has 0 spiro atoms. The van der Waals surface area contributed by atoms with Gasteiger partial charge in [0.15, 0.2) is 0 Å². The van der Waals surface area contributed by atoms with E-state index in [0.717, 1.165) is 25.9 Å². The zero-order valence-electron chi connectivity index (χ0n) is 10.2. The van der Waals surface area contributed by atoms with E-state index in [1.165, 1.54) is 0 Å². The van der Waals surface area contributed by atoms with Gasteiger partial charge in [-0.2, -0.15) is 5.26 Å². The zero-order valence-corrected chi connectivity index (χ0v) is 11.1. The van der Waals surface area contributed by atoms with Gasteiger partial charge in [0.25, 0.3) is 0 Å². The molecule has 0 aliphatic carbocycles. The molecule has 1 heterocycles. The van der Waals surface area contributed by atoms with Gasteiger partial charge in [0, 0.05) is 19.6 Å². The first-order valence-electron chi connectivity index (χ1n) is 5.72. The molecule has 1 saturated heterocycles. The monoisotopic (exact) mass is 253 g/mol. The van der Waals surface area contributed by atoms with Crippen molar-refractivity contribution in [1.29, 1.82) is 5.26 Å². The topological polar surface area (TPSA) is 56.1 Å². The average molecular weight is 253 g/mol. The lowest BCUT2D eigenvalue weighted by atomic mass is 9.97. The molecular weight excluding hydrogens is 234 g/mol. The van der Waals surface area contributed by atoms with Crippen LogP contribution in [0.15, 0.2) is 12.7 Å². The molecule has 5 heteroatoms. The summed E-state index contributed by atoms with van der Waals surface area (Å²) in [5.41, 5.74) is 0. The highest BCUT2D eigenvalue weighted by Gasteiger charge is 2.34. The number of likely N-dealkylation sites (tertiary alicyclic amines) is 1. The van der Waals surface area contributed by atoms with Crippen molar-refractivity contribution in [2.75, 3.05) is 32.4 Å². The molecule has 0 unspecified atom stereocenters. The SMILES string of the molecule is C=CCNC(=O)CN1CCC(C#N)(SC)CC1. The van der Waals surface area contributed by atoms with E-state index in [0.29, 0.717) is 13.1 Å².